The van der Waals surface area contributed by atoms with Gasteiger partial charge in [-0.05, 0) is 18.2 Å². The Morgan fingerprint density at radius 1 is 1.27 bits per heavy atom. The Hall–Kier alpha value is -2.29. The number of benzene rings is 1. The van der Waals surface area contributed by atoms with Crippen LogP contribution >= 0.6 is 11.6 Å². The van der Waals surface area contributed by atoms with Crippen molar-refractivity contribution >= 4 is 29.0 Å². The molecule has 1 aliphatic heterocycles. The molecule has 2 N–H and O–H groups in total. The van der Waals surface area contributed by atoms with Crippen LogP contribution in [-0.2, 0) is 4.74 Å². The molecule has 2 aromatic rings. The molecule has 1 fully saturated rings. The zero-order valence-electron chi connectivity index (χ0n) is 14.0. The average molecular weight is 380 g/mol. The number of nitrogens with one attached hydrogen (secondary N) is 2. The average Bonchev–Trinajstić information content (AvgIpc) is 2.66. The van der Waals surface area contributed by atoms with E-state index in [1.165, 1.54) is 30.6 Å². The zero-order chi connectivity index (χ0) is 18.4. The van der Waals surface area contributed by atoms with Gasteiger partial charge in [0.25, 0.3) is 5.91 Å². The number of aromatic nitrogens is 2. The highest BCUT2D eigenvalue weighted by molar-refractivity contribution is 6.31. The minimum Gasteiger partial charge on any atom is -0.379 e. The molecular formula is C17H19ClFN5O2. The molecule has 0 radical (unpaired) electrons. The molecule has 138 valence electrons. The maximum absolute atomic E-state index is 13.2. The van der Waals surface area contributed by atoms with Gasteiger partial charge in [-0.15, -0.1) is 0 Å². The fourth-order valence-corrected chi connectivity index (χ4v) is 2.70. The summed E-state index contributed by atoms with van der Waals surface area (Å²) in [6.07, 6.45) is 1.30. The third kappa shape index (κ3) is 5.10. The van der Waals surface area contributed by atoms with Crippen LogP contribution in [0, 0.1) is 5.82 Å². The summed E-state index contributed by atoms with van der Waals surface area (Å²) in [5.41, 5.74) is 0.812. The molecular weight excluding hydrogens is 361 g/mol. The Morgan fingerprint density at radius 3 is 2.85 bits per heavy atom. The van der Waals surface area contributed by atoms with Gasteiger partial charge in [0.1, 0.15) is 23.7 Å². The Kier molecular flexibility index (Phi) is 6.32. The molecule has 0 unspecified atom stereocenters. The minimum atomic E-state index is -0.500. The molecule has 26 heavy (non-hydrogen) atoms. The summed E-state index contributed by atoms with van der Waals surface area (Å²) in [5, 5.41) is 5.82. The van der Waals surface area contributed by atoms with E-state index >= 15 is 0 Å². The fraction of sp³-hybridized carbons (Fsp3) is 0.353. The van der Waals surface area contributed by atoms with Crippen LogP contribution < -0.4 is 10.6 Å². The lowest BCUT2D eigenvalue weighted by atomic mass is 10.3. The van der Waals surface area contributed by atoms with Crippen molar-refractivity contribution in [3.05, 3.63) is 47.1 Å². The number of amides is 1. The van der Waals surface area contributed by atoms with Gasteiger partial charge >= 0.3 is 0 Å². The van der Waals surface area contributed by atoms with Crippen LogP contribution in [0.15, 0.2) is 30.6 Å². The zero-order valence-corrected chi connectivity index (χ0v) is 14.8. The highest BCUT2D eigenvalue weighted by Gasteiger charge is 2.12. The number of carbonyl (C=O) groups is 1. The molecule has 1 aromatic carbocycles. The highest BCUT2D eigenvalue weighted by Crippen LogP contribution is 2.21. The molecule has 7 nitrogen and oxygen atoms in total. The molecule has 1 amide bonds. The number of anilines is 2. The van der Waals surface area contributed by atoms with E-state index in [1.54, 1.807) is 0 Å². The predicted octanol–water partition coefficient (Wildman–Crippen LogP) is 2.07. The standard InChI is InChI=1S/C17H19ClFN5O2/c18-13-9-12(1-2-14(13)19)23-16-10-15(21-11-22-16)17(25)20-3-4-24-5-7-26-8-6-24/h1-2,9-11H,3-8H2,(H,20,25)(H,21,22,23). The van der Waals surface area contributed by atoms with E-state index in [2.05, 4.69) is 25.5 Å². The van der Waals surface area contributed by atoms with Crippen LogP contribution in [0.3, 0.4) is 0 Å². The third-order valence-electron chi connectivity index (χ3n) is 3.91. The van der Waals surface area contributed by atoms with Crippen molar-refractivity contribution in [2.75, 3.05) is 44.7 Å². The highest BCUT2D eigenvalue weighted by atomic mass is 35.5. The van der Waals surface area contributed by atoms with E-state index in [1.807, 2.05) is 0 Å². The molecule has 3 rings (SSSR count). The summed E-state index contributed by atoms with van der Waals surface area (Å²) in [6.45, 7) is 4.48. The lowest BCUT2D eigenvalue weighted by Crippen LogP contribution is -2.41. The monoisotopic (exact) mass is 379 g/mol. The Labute approximate surface area is 155 Å². The lowest BCUT2D eigenvalue weighted by molar-refractivity contribution is 0.0383. The SMILES string of the molecule is O=C(NCCN1CCOCC1)c1cc(Nc2ccc(F)c(Cl)c2)ncn1. The summed E-state index contributed by atoms with van der Waals surface area (Å²) in [6, 6.07) is 5.76. The molecule has 1 saturated heterocycles. The second kappa shape index (κ2) is 8.88. The molecule has 1 aromatic heterocycles. The molecule has 0 spiro atoms. The van der Waals surface area contributed by atoms with Crippen molar-refractivity contribution in [3.63, 3.8) is 0 Å². The van der Waals surface area contributed by atoms with Gasteiger partial charge in [-0.2, -0.15) is 0 Å². The number of rotatable bonds is 6. The predicted molar refractivity (Wildman–Crippen MR) is 96.3 cm³/mol. The largest absolute Gasteiger partial charge is 0.379 e. The van der Waals surface area contributed by atoms with Gasteiger partial charge in [-0.3, -0.25) is 9.69 Å². The van der Waals surface area contributed by atoms with Crippen LogP contribution in [0.25, 0.3) is 0 Å². The minimum absolute atomic E-state index is 0.00475. The van der Waals surface area contributed by atoms with Crippen molar-refractivity contribution in [1.82, 2.24) is 20.2 Å². The maximum Gasteiger partial charge on any atom is 0.270 e. The number of ether oxygens (including phenoxy) is 1. The van der Waals surface area contributed by atoms with E-state index < -0.39 is 5.82 Å². The van der Waals surface area contributed by atoms with Crippen LogP contribution in [0.2, 0.25) is 5.02 Å². The summed E-state index contributed by atoms with van der Waals surface area (Å²) >= 11 is 5.76. The van der Waals surface area contributed by atoms with E-state index in [0.29, 0.717) is 18.1 Å². The summed E-state index contributed by atoms with van der Waals surface area (Å²) in [4.78, 5) is 22.5. The number of morpholine rings is 1. The summed E-state index contributed by atoms with van der Waals surface area (Å²) in [5.74, 6) is -0.359. The molecule has 0 saturated carbocycles. The van der Waals surface area contributed by atoms with Crippen LogP contribution in [0.4, 0.5) is 15.9 Å². The van der Waals surface area contributed by atoms with Gasteiger partial charge in [-0.1, -0.05) is 11.6 Å². The normalized spacial score (nSPS) is 14.8. The van der Waals surface area contributed by atoms with Crippen molar-refractivity contribution in [1.29, 1.82) is 0 Å². The van der Waals surface area contributed by atoms with Crippen molar-refractivity contribution in [3.8, 4) is 0 Å². The Balaban J connectivity index is 1.55. The third-order valence-corrected chi connectivity index (χ3v) is 4.20. The molecule has 9 heteroatoms. The van der Waals surface area contributed by atoms with Crippen LogP contribution in [0.5, 0.6) is 0 Å². The number of hydrogen-bond acceptors (Lipinski definition) is 6. The number of carbonyl (C=O) groups excluding carboxylic acids is 1. The first-order valence-electron chi connectivity index (χ1n) is 8.24. The van der Waals surface area contributed by atoms with Gasteiger partial charge in [0.05, 0.1) is 18.2 Å². The van der Waals surface area contributed by atoms with Gasteiger partial charge < -0.3 is 15.4 Å². The van der Waals surface area contributed by atoms with Crippen LogP contribution in [-0.4, -0.2) is 60.2 Å². The van der Waals surface area contributed by atoms with Gasteiger partial charge in [0, 0.05) is 37.9 Å². The topological polar surface area (TPSA) is 79.4 Å². The van der Waals surface area contributed by atoms with Crippen molar-refractivity contribution < 1.29 is 13.9 Å². The number of nitrogens with zero attached hydrogens (tertiary/aromatic N) is 3. The fourth-order valence-electron chi connectivity index (χ4n) is 2.51. The molecule has 0 aliphatic carbocycles. The number of hydrogen-bond donors (Lipinski definition) is 2. The molecule has 0 atom stereocenters. The van der Waals surface area contributed by atoms with Crippen molar-refractivity contribution in [2.24, 2.45) is 0 Å². The van der Waals surface area contributed by atoms with Crippen LogP contribution in [0.1, 0.15) is 10.5 Å². The molecule has 0 bridgehead atoms. The molecule has 1 aliphatic rings. The van der Waals surface area contributed by atoms with E-state index in [-0.39, 0.29) is 16.6 Å². The van der Waals surface area contributed by atoms with Crippen molar-refractivity contribution in [2.45, 2.75) is 0 Å². The first-order valence-corrected chi connectivity index (χ1v) is 8.62. The lowest BCUT2D eigenvalue weighted by Gasteiger charge is -2.26. The first kappa shape index (κ1) is 18.5. The smallest absolute Gasteiger partial charge is 0.270 e. The van der Waals surface area contributed by atoms with Gasteiger partial charge in [-0.25, -0.2) is 14.4 Å². The Morgan fingerprint density at radius 2 is 2.08 bits per heavy atom. The second-order valence-electron chi connectivity index (χ2n) is 5.75. The summed E-state index contributed by atoms with van der Waals surface area (Å²) in [7, 11) is 0. The summed E-state index contributed by atoms with van der Waals surface area (Å²) < 4.78 is 18.5. The molecule has 2 heterocycles. The van der Waals surface area contributed by atoms with E-state index in [0.717, 1.165) is 32.8 Å². The van der Waals surface area contributed by atoms with Gasteiger partial charge in [0.2, 0.25) is 0 Å². The second-order valence-corrected chi connectivity index (χ2v) is 6.16. The first-order chi connectivity index (χ1) is 12.6. The number of halogens is 2. The maximum atomic E-state index is 13.2. The van der Waals surface area contributed by atoms with E-state index in [4.69, 9.17) is 16.3 Å². The quantitative estimate of drug-likeness (QED) is 0.800. The Bertz CT molecular complexity index is 771. The van der Waals surface area contributed by atoms with E-state index in [9.17, 15) is 9.18 Å². The van der Waals surface area contributed by atoms with Gasteiger partial charge in [0.15, 0.2) is 0 Å².